The van der Waals surface area contributed by atoms with Crippen molar-refractivity contribution in [3.63, 3.8) is 0 Å². The van der Waals surface area contributed by atoms with Gasteiger partial charge in [-0.15, -0.1) is 0 Å². The highest BCUT2D eigenvalue weighted by Gasteiger charge is 2.43. The number of carbonyl (C=O) groups is 4. The fourth-order valence-electron chi connectivity index (χ4n) is 7.42. The van der Waals surface area contributed by atoms with Gasteiger partial charge in [0.1, 0.15) is 6.04 Å². The van der Waals surface area contributed by atoms with Crippen LogP contribution in [0.4, 0.5) is 0 Å². The van der Waals surface area contributed by atoms with E-state index >= 15 is 0 Å². The van der Waals surface area contributed by atoms with Gasteiger partial charge in [0.2, 0.25) is 23.6 Å². The number of methoxy groups -OCH3 is 2. The second kappa shape index (κ2) is 20.8. The van der Waals surface area contributed by atoms with Crippen LogP contribution in [0.3, 0.4) is 0 Å². The van der Waals surface area contributed by atoms with E-state index in [0.717, 1.165) is 12.8 Å². The van der Waals surface area contributed by atoms with Gasteiger partial charge in [0.05, 0.1) is 54.8 Å². The molecule has 0 aromatic heterocycles. The zero-order chi connectivity index (χ0) is 38.6. The lowest BCUT2D eigenvalue weighted by atomic mass is 9.89. The number of likely N-dealkylation sites (N-methyl/N-ethyl adjacent to an activating group) is 2. The van der Waals surface area contributed by atoms with E-state index in [0.29, 0.717) is 18.5 Å². The summed E-state index contributed by atoms with van der Waals surface area (Å²) in [6, 6.07) is 6.67. The van der Waals surface area contributed by atoms with E-state index in [9.17, 15) is 24.3 Å². The predicted octanol–water partition coefficient (Wildman–Crippen LogP) is 3.53. The molecule has 2 rings (SSSR count). The van der Waals surface area contributed by atoms with Crippen LogP contribution in [0.5, 0.6) is 0 Å². The quantitative estimate of drug-likeness (QED) is 0.160. The Morgan fingerprint density at radius 2 is 1.53 bits per heavy atom. The lowest BCUT2D eigenvalue weighted by Crippen LogP contribution is -2.59. The van der Waals surface area contributed by atoms with Gasteiger partial charge in [-0.3, -0.25) is 19.2 Å². The Morgan fingerprint density at radius 1 is 0.922 bits per heavy atom. The Balaban J connectivity index is 2.24. The molecule has 0 aliphatic carbocycles. The summed E-state index contributed by atoms with van der Waals surface area (Å²) in [5.41, 5.74) is 0.711. The first kappa shape index (κ1) is 44.1. The second-order valence-corrected chi connectivity index (χ2v) is 15.0. The Kier molecular flexibility index (Phi) is 18.0. The third kappa shape index (κ3) is 11.5. The van der Waals surface area contributed by atoms with E-state index in [1.165, 1.54) is 0 Å². The maximum Gasteiger partial charge on any atom is 0.245 e. The fraction of sp³-hybridized carbons (Fsp3) is 0.744. The first-order chi connectivity index (χ1) is 24.0. The van der Waals surface area contributed by atoms with Gasteiger partial charge in [0.25, 0.3) is 0 Å². The molecule has 0 spiro atoms. The zero-order valence-corrected chi connectivity index (χ0v) is 33.1. The average Bonchev–Trinajstić information content (AvgIpc) is 3.59. The minimum Gasteiger partial charge on any atom is -0.386 e. The smallest absolute Gasteiger partial charge is 0.245 e. The molecule has 1 fully saturated rings. The van der Waals surface area contributed by atoms with Gasteiger partial charge in [-0.1, -0.05) is 85.2 Å². The van der Waals surface area contributed by atoms with Crippen molar-refractivity contribution in [2.24, 2.45) is 23.7 Å². The molecule has 12 nitrogen and oxygen atoms in total. The van der Waals surface area contributed by atoms with Gasteiger partial charge in [0.15, 0.2) is 0 Å². The van der Waals surface area contributed by atoms with Gasteiger partial charge in [-0.05, 0) is 50.1 Å². The van der Waals surface area contributed by atoms with Crippen LogP contribution in [0, 0.1) is 23.7 Å². The summed E-state index contributed by atoms with van der Waals surface area (Å²) in [5, 5.41) is 19.8. The fourth-order valence-corrected chi connectivity index (χ4v) is 7.42. The Labute approximate surface area is 306 Å². The first-order valence-corrected chi connectivity index (χ1v) is 18.7. The predicted molar refractivity (Wildman–Crippen MR) is 200 cm³/mol. The monoisotopic (exact) mass is 718 g/mol. The largest absolute Gasteiger partial charge is 0.386 e. The van der Waals surface area contributed by atoms with E-state index in [-0.39, 0.29) is 53.8 Å². The zero-order valence-electron chi connectivity index (χ0n) is 33.1. The molecule has 0 saturated carbocycles. The normalized spacial score (nSPS) is 20.1. The van der Waals surface area contributed by atoms with E-state index in [2.05, 4.69) is 16.0 Å². The van der Waals surface area contributed by atoms with Gasteiger partial charge in [-0.2, -0.15) is 0 Å². The summed E-state index contributed by atoms with van der Waals surface area (Å²) < 4.78 is 11.9. The van der Waals surface area contributed by atoms with Crippen molar-refractivity contribution in [1.82, 2.24) is 25.8 Å². The average molecular weight is 718 g/mol. The topological polar surface area (TPSA) is 150 Å². The molecule has 0 radical (unpaired) electrons. The van der Waals surface area contributed by atoms with E-state index in [1.54, 1.807) is 52.0 Å². The van der Waals surface area contributed by atoms with Crippen molar-refractivity contribution in [2.45, 2.75) is 130 Å². The first-order valence-electron chi connectivity index (χ1n) is 18.7. The molecule has 290 valence electrons. The third-order valence-electron chi connectivity index (χ3n) is 10.7. The SMILES string of the molecule is CC[C@@H](C)C([C@H](CC(=O)N1CCC[C@@H]1[C@@H](OC)[C@H](C)C(=O)N[C@@H](C)[C@H](O)c1ccccc1)OC)N(C)C(=O)[C@H](NC(=O)[C@H](NC)C(C)C)C(C)C. The van der Waals surface area contributed by atoms with Crippen LogP contribution in [-0.4, -0.2) is 116 Å². The molecule has 0 bridgehead atoms. The van der Waals surface area contributed by atoms with E-state index in [1.807, 2.05) is 71.9 Å². The molecular weight excluding hydrogens is 650 g/mol. The van der Waals surface area contributed by atoms with Crippen molar-refractivity contribution in [3.05, 3.63) is 35.9 Å². The number of rotatable bonds is 20. The van der Waals surface area contributed by atoms with Gasteiger partial charge in [-0.25, -0.2) is 0 Å². The standard InChI is InChI=1S/C39H67N5O7/c1-13-25(6)34(43(10)39(49)33(24(4)5)42-38(48)32(40-9)23(2)3)30(50-11)22-31(45)44-21-17-20-29(44)36(51-12)26(7)37(47)41-27(8)35(46)28-18-15-14-16-19-28/h14-16,18-19,23-27,29-30,32-36,40,46H,13,17,20-22H2,1-12H3,(H,41,47)(H,42,48)/t25-,26+,27+,29-,30+,32-,33-,34?,35+,36+/m1/s1. The summed E-state index contributed by atoms with van der Waals surface area (Å²) in [5.74, 6) is -1.62. The van der Waals surface area contributed by atoms with Crippen molar-refractivity contribution >= 4 is 23.6 Å². The molecule has 4 amide bonds. The number of nitrogens with one attached hydrogen (secondary N) is 3. The van der Waals surface area contributed by atoms with E-state index < -0.39 is 48.4 Å². The maximum absolute atomic E-state index is 14.1. The van der Waals surface area contributed by atoms with Crippen LogP contribution in [0.1, 0.15) is 92.7 Å². The van der Waals surface area contributed by atoms with Gasteiger partial charge >= 0.3 is 0 Å². The van der Waals surface area contributed by atoms with Crippen molar-refractivity contribution in [2.75, 3.05) is 34.9 Å². The number of aliphatic hydroxyl groups excluding tert-OH is 1. The molecule has 12 heteroatoms. The number of likely N-dealkylation sites (tertiary alicyclic amines) is 1. The van der Waals surface area contributed by atoms with Crippen molar-refractivity contribution in [3.8, 4) is 0 Å². The molecule has 1 aromatic carbocycles. The second-order valence-electron chi connectivity index (χ2n) is 15.0. The highest BCUT2D eigenvalue weighted by molar-refractivity contribution is 5.90. The molecule has 1 heterocycles. The summed E-state index contributed by atoms with van der Waals surface area (Å²) in [6.07, 6.45) is 0.147. The van der Waals surface area contributed by atoms with Gasteiger partial charge < -0.3 is 40.3 Å². The number of aliphatic hydroxyl groups is 1. The van der Waals surface area contributed by atoms with Crippen LogP contribution in [0.25, 0.3) is 0 Å². The summed E-state index contributed by atoms with van der Waals surface area (Å²) in [6.45, 7) is 15.9. The van der Waals surface area contributed by atoms with Crippen molar-refractivity contribution < 1.29 is 33.8 Å². The third-order valence-corrected chi connectivity index (χ3v) is 10.7. The lowest BCUT2D eigenvalue weighted by molar-refractivity contribution is -0.148. The Morgan fingerprint density at radius 3 is 2.04 bits per heavy atom. The summed E-state index contributed by atoms with van der Waals surface area (Å²) in [4.78, 5) is 58.3. The van der Waals surface area contributed by atoms with E-state index in [4.69, 9.17) is 9.47 Å². The van der Waals surface area contributed by atoms with Crippen LogP contribution >= 0.6 is 0 Å². The van der Waals surface area contributed by atoms with Crippen LogP contribution in [0.15, 0.2) is 30.3 Å². The molecule has 1 aliphatic heterocycles. The molecule has 1 aliphatic rings. The molecule has 10 atom stereocenters. The lowest BCUT2D eigenvalue weighted by Gasteiger charge is -2.41. The number of hydrogen-bond donors (Lipinski definition) is 4. The number of hydrogen-bond acceptors (Lipinski definition) is 8. The number of carbonyl (C=O) groups excluding carboxylic acids is 4. The number of benzene rings is 1. The molecule has 1 unspecified atom stereocenters. The Hall–Kier alpha value is -3.06. The van der Waals surface area contributed by atoms with Crippen LogP contribution in [-0.2, 0) is 28.7 Å². The number of amides is 4. The molecule has 1 aromatic rings. The minimum absolute atomic E-state index is 0.0148. The number of nitrogens with zero attached hydrogens (tertiary/aromatic N) is 2. The van der Waals surface area contributed by atoms with Crippen LogP contribution < -0.4 is 16.0 Å². The minimum atomic E-state index is -0.875. The molecular formula is C39H67N5O7. The summed E-state index contributed by atoms with van der Waals surface area (Å²) >= 11 is 0. The highest BCUT2D eigenvalue weighted by Crippen LogP contribution is 2.30. The Bertz CT molecular complexity index is 1250. The maximum atomic E-state index is 14.1. The highest BCUT2D eigenvalue weighted by atomic mass is 16.5. The van der Waals surface area contributed by atoms with Crippen LogP contribution in [0.2, 0.25) is 0 Å². The van der Waals surface area contributed by atoms with Gasteiger partial charge in [0, 0.05) is 27.8 Å². The summed E-state index contributed by atoms with van der Waals surface area (Å²) in [7, 11) is 6.57. The molecule has 4 N–H and O–H groups in total. The number of ether oxygens (including phenoxy) is 2. The van der Waals surface area contributed by atoms with Crippen molar-refractivity contribution in [1.29, 1.82) is 0 Å². The molecule has 1 saturated heterocycles. The molecule has 51 heavy (non-hydrogen) atoms.